The van der Waals surface area contributed by atoms with Crippen LogP contribution in [0.3, 0.4) is 0 Å². The van der Waals surface area contributed by atoms with E-state index < -0.39 is 13.9 Å². The predicted molar refractivity (Wildman–Crippen MR) is 192 cm³/mol. The Labute approximate surface area is 275 Å². The summed E-state index contributed by atoms with van der Waals surface area (Å²) in [6, 6.07) is 22.3. The minimum Gasteiger partial charge on any atom is -0.457 e. The van der Waals surface area contributed by atoms with Crippen LogP contribution in [0.15, 0.2) is 85.5 Å². The molecule has 1 heterocycles. The molecule has 2 fully saturated rings. The molecule has 0 unspecified atom stereocenters. The molecule has 2 aromatic carbocycles. The molecule has 1 aliphatic heterocycles. The molecular formula is C40H59NO3Si. The second-order valence-electron chi connectivity index (χ2n) is 15.7. The Morgan fingerprint density at radius 3 is 2.04 bits per heavy atom. The number of esters is 1. The zero-order valence-corrected chi connectivity index (χ0v) is 30.2. The molecule has 0 aromatic heterocycles. The molecule has 0 bridgehead atoms. The molecule has 4 rings (SSSR count). The van der Waals surface area contributed by atoms with Gasteiger partial charge in [-0.15, -0.1) is 6.58 Å². The molecule has 4 nitrogen and oxygen atoms in total. The first-order valence-electron chi connectivity index (χ1n) is 17.3. The van der Waals surface area contributed by atoms with E-state index in [1.165, 1.54) is 42.5 Å². The maximum absolute atomic E-state index is 13.1. The van der Waals surface area contributed by atoms with Gasteiger partial charge in [0.25, 0.3) is 8.32 Å². The molecule has 45 heavy (non-hydrogen) atoms. The van der Waals surface area contributed by atoms with Gasteiger partial charge in [-0.1, -0.05) is 114 Å². The van der Waals surface area contributed by atoms with Crippen molar-refractivity contribution in [1.82, 2.24) is 4.90 Å². The van der Waals surface area contributed by atoms with E-state index >= 15 is 0 Å². The largest absolute Gasteiger partial charge is 0.457 e. The number of hydrogen-bond donors (Lipinski definition) is 0. The number of carbonyl (C=O) groups excluding carboxylic acids is 1. The summed E-state index contributed by atoms with van der Waals surface area (Å²) in [5.74, 6) is 0.756. The van der Waals surface area contributed by atoms with Crippen molar-refractivity contribution in [3.8, 4) is 0 Å². The van der Waals surface area contributed by atoms with Gasteiger partial charge in [0.1, 0.15) is 5.60 Å². The molecule has 4 atom stereocenters. The molecule has 1 aliphatic carbocycles. The zero-order valence-electron chi connectivity index (χ0n) is 29.2. The quantitative estimate of drug-likeness (QED) is 0.102. The van der Waals surface area contributed by atoms with Crippen LogP contribution in [0, 0.1) is 11.8 Å². The van der Waals surface area contributed by atoms with Gasteiger partial charge in [-0.2, -0.15) is 0 Å². The summed E-state index contributed by atoms with van der Waals surface area (Å²) in [5, 5.41) is 2.63. The van der Waals surface area contributed by atoms with Gasteiger partial charge in [-0.05, 0) is 86.5 Å². The van der Waals surface area contributed by atoms with E-state index in [4.69, 9.17) is 9.16 Å². The van der Waals surface area contributed by atoms with Crippen LogP contribution in [0.1, 0.15) is 99.8 Å². The number of ether oxygens (including phenoxy) is 1. The number of rotatable bonds is 12. The van der Waals surface area contributed by atoms with Crippen molar-refractivity contribution in [1.29, 1.82) is 0 Å². The highest BCUT2D eigenvalue weighted by molar-refractivity contribution is 6.99. The molecule has 246 valence electrons. The zero-order chi connectivity index (χ0) is 32.9. The fourth-order valence-corrected chi connectivity index (χ4v) is 13.2. The first-order valence-corrected chi connectivity index (χ1v) is 19.2. The van der Waals surface area contributed by atoms with Crippen LogP contribution >= 0.6 is 0 Å². The minimum absolute atomic E-state index is 0.0341. The number of benzene rings is 2. The molecular weight excluding hydrogens is 571 g/mol. The summed E-state index contributed by atoms with van der Waals surface area (Å²) in [4.78, 5) is 15.8. The number of hydrogen-bond acceptors (Lipinski definition) is 4. The Balaban J connectivity index is 1.59. The van der Waals surface area contributed by atoms with E-state index in [1.807, 2.05) is 20.8 Å². The van der Waals surface area contributed by atoms with E-state index in [9.17, 15) is 4.79 Å². The normalized spacial score (nSPS) is 23.5. The lowest BCUT2D eigenvalue weighted by atomic mass is 9.70. The third-order valence-corrected chi connectivity index (χ3v) is 15.5. The fourth-order valence-electron chi connectivity index (χ4n) is 8.58. The van der Waals surface area contributed by atoms with Gasteiger partial charge in [-0.3, -0.25) is 4.90 Å². The number of piperidine rings is 1. The average molecular weight is 630 g/mol. The first kappa shape index (κ1) is 35.4. The van der Waals surface area contributed by atoms with Crippen LogP contribution in [0.2, 0.25) is 5.04 Å². The first-order chi connectivity index (χ1) is 21.2. The van der Waals surface area contributed by atoms with Crippen molar-refractivity contribution in [3.63, 3.8) is 0 Å². The van der Waals surface area contributed by atoms with E-state index in [2.05, 4.69) is 112 Å². The monoisotopic (exact) mass is 629 g/mol. The Morgan fingerprint density at radius 1 is 0.978 bits per heavy atom. The van der Waals surface area contributed by atoms with Crippen LogP contribution in [0.5, 0.6) is 0 Å². The molecule has 0 N–H and O–H groups in total. The SMILES string of the molecule is C=CC[C@H]1CCC[C@]2(CCC[C@@H]2[C@@H](C)CCO[Si](c2ccccc2)(c2ccccc2)C(C)(C)C)N1CC(=C)C(=O)OC(C)(C)C. The van der Waals surface area contributed by atoms with Crippen molar-refractivity contribution < 1.29 is 14.0 Å². The summed E-state index contributed by atoms with van der Waals surface area (Å²) in [7, 11) is -2.58. The second kappa shape index (κ2) is 14.5. The van der Waals surface area contributed by atoms with Gasteiger partial charge in [0.2, 0.25) is 0 Å². The molecule has 1 saturated carbocycles. The van der Waals surface area contributed by atoms with Gasteiger partial charge in [0.05, 0.1) is 0 Å². The lowest BCUT2D eigenvalue weighted by Gasteiger charge is -2.54. The van der Waals surface area contributed by atoms with Crippen LogP contribution in [-0.4, -0.2) is 49.5 Å². The number of carbonyl (C=O) groups is 1. The van der Waals surface area contributed by atoms with Crippen LogP contribution in [-0.2, 0) is 14.0 Å². The number of nitrogens with zero attached hydrogens (tertiary/aromatic N) is 1. The lowest BCUT2D eigenvalue weighted by molar-refractivity contribution is -0.150. The van der Waals surface area contributed by atoms with E-state index in [1.54, 1.807) is 0 Å². The maximum atomic E-state index is 13.1. The highest BCUT2D eigenvalue weighted by Crippen LogP contribution is 2.52. The van der Waals surface area contributed by atoms with E-state index in [0.29, 0.717) is 30.0 Å². The van der Waals surface area contributed by atoms with Crippen molar-refractivity contribution >= 4 is 24.7 Å². The van der Waals surface area contributed by atoms with Crippen LogP contribution in [0.25, 0.3) is 0 Å². The summed E-state index contributed by atoms with van der Waals surface area (Å²) < 4.78 is 13.1. The molecule has 2 aliphatic rings. The van der Waals surface area contributed by atoms with Crippen molar-refractivity contribution in [2.75, 3.05) is 13.2 Å². The molecule has 1 spiro atoms. The van der Waals surface area contributed by atoms with Gasteiger partial charge >= 0.3 is 5.97 Å². The highest BCUT2D eigenvalue weighted by Gasteiger charge is 2.53. The molecule has 0 amide bonds. The van der Waals surface area contributed by atoms with Crippen LogP contribution < -0.4 is 10.4 Å². The summed E-state index contributed by atoms with van der Waals surface area (Å²) >= 11 is 0. The van der Waals surface area contributed by atoms with Crippen molar-refractivity contribution in [3.05, 3.63) is 85.5 Å². The minimum atomic E-state index is -2.58. The third kappa shape index (κ3) is 7.74. The maximum Gasteiger partial charge on any atom is 0.335 e. The summed E-state index contributed by atoms with van der Waals surface area (Å²) in [6.45, 7) is 24.9. The molecule has 2 aromatic rings. The molecule has 5 heteroatoms. The highest BCUT2D eigenvalue weighted by atomic mass is 28.4. The van der Waals surface area contributed by atoms with Gasteiger partial charge in [0, 0.05) is 30.3 Å². The number of likely N-dealkylation sites (tertiary alicyclic amines) is 1. The summed E-state index contributed by atoms with van der Waals surface area (Å²) in [6.07, 6.45) is 11.1. The topological polar surface area (TPSA) is 38.8 Å². The lowest BCUT2D eigenvalue weighted by Crippen LogP contribution is -2.66. The second-order valence-corrected chi connectivity index (χ2v) is 20.0. The van der Waals surface area contributed by atoms with Gasteiger partial charge in [0.15, 0.2) is 0 Å². The Hall–Kier alpha value is -2.47. The van der Waals surface area contributed by atoms with Gasteiger partial charge in [-0.25, -0.2) is 4.79 Å². The molecule has 0 radical (unpaired) electrons. The van der Waals surface area contributed by atoms with Gasteiger partial charge < -0.3 is 9.16 Å². The van der Waals surface area contributed by atoms with Crippen LogP contribution in [0.4, 0.5) is 0 Å². The Kier molecular flexibility index (Phi) is 11.4. The fraction of sp³-hybridized carbons (Fsp3) is 0.575. The Morgan fingerprint density at radius 2 is 1.53 bits per heavy atom. The smallest absolute Gasteiger partial charge is 0.335 e. The predicted octanol–water partition coefficient (Wildman–Crippen LogP) is 8.46. The van der Waals surface area contributed by atoms with E-state index in [0.717, 1.165) is 25.9 Å². The van der Waals surface area contributed by atoms with E-state index in [-0.39, 0.29) is 16.5 Å². The summed E-state index contributed by atoms with van der Waals surface area (Å²) in [5.41, 5.74) is 0.0946. The standard InChI is InChI=1S/C40H59NO3Si/c1-10-19-33-20-17-27-40(41(33)30-32(3)37(42)44-38(4,5)6)28-18-25-36(40)31(2)26-29-43-45(39(7,8)9,34-21-13-11-14-22-34)35-23-15-12-16-24-35/h10-16,21-24,31,33,36H,1,3,17-20,25-30H2,2,4-9H3/t31-,33-,36+,40+/m0/s1. The third-order valence-electron chi connectivity index (χ3n) is 10.5. The average Bonchev–Trinajstić information content (AvgIpc) is 3.40. The van der Waals surface area contributed by atoms with Crippen molar-refractivity contribution in [2.24, 2.45) is 11.8 Å². The van der Waals surface area contributed by atoms with Crippen molar-refractivity contribution in [2.45, 2.75) is 122 Å². The Bertz CT molecular complexity index is 1240. The molecule has 1 saturated heterocycles.